The van der Waals surface area contributed by atoms with E-state index < -0.39 is 0 Å². The van der Waals surface area contributed by atoms with Gasteiger partial charge in [-0.25, -0.2) is 24.9 Å². The first-order valence-corrected chi connectivity index (χ1v) is 13.6. The number of benzene rings is 4. The molecule has 0 amide bonds. The lowest BCUT2D eigenvalue weighted by Crippen LogP contribution is -1.90. The van der Waals surface area contributed by atoms with Crippen LogP contribution in [-0.4, -0.2) is 44.9 Å². The number of hydrogen-bond acceptors (Lipinski definition) is 5. The smallest absolute Gasteiger partial charge is 0.157 e. The first-order chi connectivity index (χ1) is 20.7. The molecule has 5 aromatic heterocycles. The minimum Gasteiger partial charge on any atom is -0.345 e. The molecular formula is C33H21N9. The third kappa shape index (κ3) is 3.68. The Bertz CT molecular complexity index is 2270. The fourth-order valence-corrected chi connectivity index (χ4v) is 5.53. The molecule has 9 nitrogen and oxygen atoms in total. The van der Waals surface area contributed by atoms with Crippen LogP contribution >= 0.6 is 0 Å². The number of imidazole rings is 4. The largest absolute Gasteiger partial charge is 0.345 e. The zero-order valence-electron chi connectivity index (χ0n) is 22.1. The second kappa shape index (κ2) is 8.70. The second-order valence-electron chi connectivity index (χ2n) is 10.3. The molecule has 0 saturated carbocycles. The van der Waals surface area contributed by atoms with Gasteiger partial charge in [-0.1, -0.05) is 30.3 Å². The minimum atomic E-state index is 0.707. The molecule has 9 heteroatoms. The number of pyridine rings is 1. The molecule has 4 aromatic carbocycles. The average Bonchev–Trinajstić information content (AvgIpc) is 3.85. The van der Waals surface area contributed by atoms with E-state index in [1.807, 2.05) is 30.3 Å². The summed E-state index contributed by atoms with van der Waals surface area (Å²) in [5.41, 5.74) is 13.4. The van der Waals surface area contributed by atoms with Gasteiger partial charge in [0.1, 0.15) is 11.4 Å². The summed E-state index contributed by atoms with van der Waals surface area (Å²) in [6.45, 7) is 0. The Morgan fingerprint density at radius 1 is 0.405 bits per heavy atom. The van der Waals surface area contributed by atoms with Gasteiger partial charge in [-0.05, 0) is 82.9 Å². The van der Waals surface area contributed by atoms with Gasteiger partial charge < -0.3 is 19.9 Å². The Morgan fingerprint density at radius 2 is 0.833 bits per heavy atom. The van der Waals surface area contributed by atoms with Crippen molar-refractivity contribution < 1.29 is 0 Å². The third-order valence-electron chi connectivity index (χ3n) is 7.71. The van der Waals surface area contributed by atoms with Gasteiger partial charge in [-0.2, -0.15) is 0 Å². The maximum Gasteiger partial charge on any atom is 0.157 e. The maximum absolute atomic E-state index is 4.91. The van der Waals surface area contributed by atoms with Crippen molar-refractivity contribution >= 4 is 44.1 Å². The van der Waals surface area contributed by atoms with Crippen molar-refractivity contribution in [3.8, 4) is 45.3 Å². The van der Waals surface area contributed by atoms with Crippen molar-refractivity contribution in [1.29, 1.82) is 0 Å². The molecule has 0 aliphatic heterocycles. The monoisotopic (exact) mass is 543 g/mol. The number of nitrogens with one attached hydrogen (secondary N) is 4. The fourth-order valence-electron chi connectivity index (χ4n) is 5.53. The van der Waals surface area contributed by atoms with Gasteiger partial charge in [0.15, 0.2) is 11.6 Å². The Hall–Kier alpha value is -6.09. The van der Waals surface area contributed by atoms with Crippen LogP contribution in [-0.2, 0) is 0 Å². The average molecular weight is 544 g/mol. The van der Waals surface area contributed by atoms with Crippen molar-refractivity contribution in [2.75, 3.05) is 0 Å². The van der Waals surface area contributed by atoms with Crippen LogP contribution in [0.15, 0.2) is 104 Å². The number of aromatic amines is 4. The van der Waals surface area contributed by atoms with Crippen LogP contribution < -0.4 is 0 Å². The summed E-state index contributed by atoms with van der Waals surface area (Å²) in [7, 11) is 0. The van der Waals surface area contributed by atoms with E-state index in [0.29, 0.717) is 11.6 Å². The van der Waals surface area contributed by atoms with Gasteiger partial charge in [0.05, 0.1) is 56.8 Å². The first kappa shape index (κ1) is 22.7. The second-order valence-corrected chi connectivity index (χ2v) is 10.3. The molecular weight excluding hydrogens is 522 g/mol. The Morgan fingerprint density at radius 3 is 1.31 bits per heavy atom. The van der Waals surface area contributed by atoms with Crippen LogP contribution in [0.2, 0.25) is 0 Å². The Labute approximate surface area is 237 Å². The highest BCUT2D eigenvalue weighted by Gasteiger charge is 2.13. The molecule has 42 heavy (non-hydrogen) atoms. The summed E-state index contributed by atoms with van der Waals surface area (Å²) in [5.74, 6) is 1.41. The molecule has 9 aromatic rings. The first-order valence-electron chi connectivity index (χ1n) is 13.6. The molecule has 0 aliphatic carbocycles. The number of nitrogens with zero attached hydrogens (tertiary/aromatic N) is 5. The number of rotatable bonds is 4. The van der Waals surface area contributed by atoms with Crippen molar-refractivity contribution in [2.24, 2.45) is 0 Å². The molecule has 9 rings (SSSR count). The van der Waals surface area contributed by atoms with Gasteiger partial charge in [-0.3, -0.25) is 0 Å². The summed E-state index contributed by atoms with van der Waals surface area (Å²) < 4.78 is 0. The SMILES string of the molecule is c1cc(-c2nc3cc(-c4ccc5[nH]cnc5c4)ccc3[nH]2)nc(-c2nc3cc(-c4ccc5[nH]cnc5c4)ccc3[nH]2)c1. The van der Waals surface area contributed by atoms with Gasteiger partial charge in [0.25, 0.3) is 0 Å². The molecule has 0 fully saturated rings. The lowest BCUT2D eigenvalue weighted by atomic mass is 10.0. The predicted molar refractivity (Wildman–Crippen MR) is 165 cm³/mol. The van der Waals surface area contributed by atoms with E-state index in [1.165, 1.54) is 0 Å². The molecule has 0 aliphatic rings. The van der Waals surface area contributed by atoms with Crippen LogP contribution in [0.25, 0.3) is 89.4 Å². The topological polar surface area (TPSA) is 128 Å². The van der Waals surface area contributed by atoms with Crippen molar-refractivity contribution in [3.05, 3.63) is 104 Å². The van der Waals surface area contributed by atoms with Gasteiger partial charge in [0, 0.05) is 0 Å². The van der Waals surface area contributed by atoms with E-state index >= 15 is 0 Å². The van der Waals surface area contributed by atoms with E-state index in [9.17, 15) is 0 Å². The summed E-state index contributed by atoms with van der Waals surface area (Å²) >= 11 is 0. The molecule has 5 heterocycles. The third-order valence-corrected chi connectivity index (χ3v) is 7.71. The summed E-state index contributed by atoms with van der Waals surface area (Å²) in [4.78, 5) is 36.6. The standard InChI is InChI=1S/C33H21N9/c1-2-26(32-39-24-10-6-20(14-30(24)41-32)18-4-8-22-28(12-18)36-16-34-22)38-27(3-1)33-40-25-11-7-21(15-31(25)42-33)19-5-9-23-29(13-19)37-17-35-23/h1-17H,(H,34,36)(H,35,37)(H,39,41)(H,40,42). The van der Waals surface area contributed by atoms with E-state index in [2.05, 4.69) is 90.6 Å². The molecule has 0 atom stereocenters. The predicted octanol–water partition coefficient (Wildman–Crippen LogP) is 7.25. The zero-order valence-corrected chi connectivity index (χ0v) is 22.1. The number of H-pyrrole nitrogens is 4. The van der Waals surface area contributed by atoms with Crippen LogP contribution in [0.1, 0.15) is 0 Å². The highest BCUT2D eigenvalue weighted by molar-refractivity contribution is 5.89. The molecule has 0 spiro atoms. The molecule has 4 N–H and O–H groups in total. The highest BCUT2D eigenvalue weighted by Crippen LogP contribution is 2.30. The molecule has 198 valence electrons. The Kier molecular flexibility index (Phi) is 4.70. The van der Waals surface area contributed by atoms with Gasteiger partial charge in [0.2, 0.25) is 0 Å². The zero-order chi connectivity index (χ0) is 27.6. The van der Waals surface area contributed by atoms with Crippen LogP contribution in [0.3, 0.4) is 0 Å². The van der Waals surface area contributed by atoms with E-state index in [-0.39, 0.29) is 0 Å². The van der Waals surface area contributed by atoms with Crippen LogP contribution in [0.4, 0.5) is 0 Å². The number of hydrogen-bond donors (Lipinski definition) is 4. The molecule has 0 unspecified atom stereocenters. The van der Waals surface area contributed by atoms with Crippen LogP contribution in [0.5, 0.6) is 0 Å². The normalized spacial score (nSPS) is 11.8. The van der Waals surface area contributed by atoms with E-state index in [0.717, 1.165) is 77.8 Å². The Balaban J connectivity index is 1.05. The van der Waals surface area contributed by atoms with Crippen molar-refractivity contribution in [2.45, 2.75) is 0 Å². The molecule has 0 saturated heterocycles. The van der Waals surface area contributed by atoms with E-state index in [1.54, 1.807) is 12.7 Å². The lowest BCUT2D eigenvalue weighted by molar-refractivity contribution is 1.20. The van der Waals surface area contributed by atoms with Crippen molar-refractivity contribution in [1.82, 2.24) is 44.9 Å². The summed E-state index contributed by atoms with van der Waals surface area (Å²) in [6, 6.07) is 30.8. The molecule has 0 radical (unpaired) electrons. The minimum absolute atomic E-state index is 0.707. The van der Waals surface area contributed by atoms with Gasteiger partial charge in [-0.15, -0.1) is 0 Å². The van der Waals surface area contributed by atoms with E-state index in [4.69, 9.17) is 15.0 Å². The van der Waals surface area contributed by atoms with Gasteiger partial charge >= 0.3 is 0 Å². The lowest BCUT2D eigenvalue weighted by Gasteiger charge is -2.01. The quantitative estimate of drug-likeness (QED) is 0.186. The maximum atomic E-state index is 4.91. The highest BCUT2D eigenvalue weighted by atomic mass is 15.0. The number of aromatic nitrogens is 9. The fraction of sp³-hybridized carbons (Fsp3) is 0. The molecule has 0 bridgehead atoms. The van der Waals surface area contributed by atoms with Crippen LogP contribution in [0, 0.1) is 0 Å². The summed E-state index contributed by atoms with van der Waals surface area (Å²) in [6.07, 6.45) is 3.43. The van der Waals surface area contributed by atoms with Crippen molar-refractivity contribution in [3.63, 3.8) is 0 Å². The number of fused-ring (bicyclic) bond motifs is 4. The summed E-state index contributed by atoms with van der Waals surface area (Å²) in [5, 5.41) is 0.